The van der Waals surface area contributed by atoms with Crippen LogP contribution in [0.5, 0.6) is 11.5 Å². The zero-order chi connectivity index (χ0) is 22.0. The molecule has 4 rings (SSSR count). The first kappa shape index (κ1) is 20.7. The van der Waals surface area contributed by atoms with Gasteiger partial charge in [-0.1, -0.05) is 29.8 Å². The van der Waals surface area contributed by atoms with Crippen molar-refractivity contribution in [2.75, 3.05) is 25.3 Å². The van der Waals surface area contributed by atoms with Crippen LogP contribution in [0.3, 0.4) is 0 Å². The Kier molecular flexibility index (Phi) is 5.81. The molecule has 0 saturated carbocycles. The van der Waals surface area contributed by atoms with Crippen molar-refractivity contribution >= 4 is 23.3 Å². The van der Waals surface area contributed by atoms with Crippen LogP contribution in [0.2, 0.25) is 5.02 Å². The van der Waals surface area contributed by atoms with E-state index in [0.717, 1.165) is 10.2 Å². The van der Waals surface area contributed by atoms with Crippen molar-refractivity contribution in [1.29, 1.82) is 0 Å². The van der Waals surface area contributed by atoms with Crippen LogP contribution in [0.15, 0.2) is 53.5 Å². The van der Waals surface area contributed by atoms with Crippen molar-refractivity contribution in [3.63, 3.8) is 0 Å². The predicted octanol–water partition coefficient (Wildman–Crippen LogP) is 3.43. The number of aromatic nitrogens is 2. The molecule has 31 heavy (non-hydrogen) atoms. The van der Waals surface area contributed by atoms with E-state index in [1.54, 1.807) is 24.3 Å². The number of fused-ring (bicyclic) bond motifs is 1. The van der Waals surface area contributed by atoms with Crippen molar-refractivity contribution in [1.82, 2.24) is 9.78 Å². The number of hydrogen-bond donors (Lipinski definition) is 0. The molecule has 2 heterocycles. The average molecular weight is 442 g/mol. The first-order valence-electron chi connectivity index (χ1n) is 9.62. The lowest BCUT2D eigenvalue weighted by Gasteiger charge is -2.24. The summed E-state index contributed by atoms with van der Waals surface area (Å²) < 4.78 is 16.7. The molecule has 0 amide bonds. The Morgan fingerprint density at radius 3 is 2.77 bits per heavy atom. The van der Waals surface area contributed by atoms with Crippen molar-refractivity contribution in [2.45, 2.75) is 13.5 Å². The summed E-state index contributed by atoms with van der Waals surface area (Å²) in [5.74, 6) is 0.827. The quantitative estimate of drug-likeness (QED) is 0.542. The predicted molar refractivity (Wildman–Crippen MR) is 115 cm³/mol. The number of nitrogens with zero attached hydrogens (tertiary/aromatic N) is 3. The third-order valence-electron chi connectivity index (χ3n) is 4.97. The summed E-state index contributed by atoms with van der Waals surface area (Å²) in [6.45, 7) is 3.26. The van der Waals surface area contributed by atoms with Gasteiger partial charge < -0.3 is 19.1 Å². The van der Waals surface area contributed by atoms with E-state index in [0.29, 0.717) is 36.0 Å². The monoisotopic (exact) mass is 441 g/mol. The maximum atomic E-state index is 13.0. The normalized spacial score (nSPS) is 12.0. The topological polar surface area (TPSA) is 82.9 Å². The molecule has 1 aliphatic heterocycles. The third kappa shape index (κ3) is 3.94. The average Bonchev–Trinajstić information content (AvgIpc) is 3.27. The lowest BCUT2D eigenvalue weighted by Crippen LogP contribution is -2.29. The summed E-state index contributed by atoms with van der Waals surface area (Å²) in [4.78, 5) is 27.1. The molecule has 0 N–H and O–H groups in total. The maximum absolute atomic E-state index is 13.0. The number of methoxy groups -OCH3 is 1. The Morgan fingerprint density at radius 1 is 1.23 bits per heavy atom. The van der Waals surface area contributed by atoms with Gasteiger partial charge in [-0.2, -0.15) is 9.78 Å². The molecule has 0 spiro atoms. The lowest BCUT2D eigenvalue weighted by molar-refractivity contribution is 0.0600. The molecule has 0 aliphatic carbocycles. The van der Waals surface area contributed by atoms with Gasteiger partial charge in [0.2, 0.25) is 6.79 Å². The van der Waals surface area contributed by atoms with Gasteiger partial charge in [-0.3, -0.25) is 4.79 Å². The van der Waals surface area contributed by atoms with Crippen molar-refractivity contribution in [2.24, 2.45) is 0 Å². The second kappa shape index (κ2) is 8.69. The Labute approximate surface area is 183 Å². The second-order valence-electron chi connectivity index (χ2n) is 6.77. The molecule has 0 radical (unpaired) electrons. The Hall–Kier alpha value is -3.52. The van der Waals surface area contributed by atoms with Crippen LogP contribution in [-0.4, -0.2) is 36.2 Å². The van der Waals surface area contributed by atoms with Crippen LogP contribution in [0.4, 0.5) is 5.69 Å². The first-order valence-corrected chi connectivity index (χ1v) is 10.00. The summed E-state index contributed by atoms with van der Waals surface area (Å²) in [7, 11) is 1.28. The van der Waals surface area contributed by atoms with Crippen molar-refractivity contribution in [3.8, 4) is 17.2 Å². The van der Waals surface area contributed by atoms with Crippen molar-refractivity contribution in [3.05, 3.63) is 75.2 Å². The van der Waals surface area contributed by atoms with E-state index in [9.17, 15) is 9.59 Å². The highest BCUT2D eigenvalue weighted by molar-refractivity contribution is 6.33. The number of esters is 1. The van der Waals surface area contributed by atoms with Gasteiger partial charge >= 0.3 is 5.97 Å². The van der Waals surface area contributed by atoms with Crippen LogP contribution >= 0.6 is 11.6 Å². The Balaban J connectivity index is 1.68. The number of hydrogen-bond acceptors (Lipinski definition) is 7. The van der Waals surface area contributed by atoms with Crippen LogP contribution in [0.1, 0.15) is 22.8 Å². The zero-order valence-electron chi connectivity index (χ0n) is 17.0. The molecule has 3 aromatic rings. The van der Waals surface area contributed by atoms with Gasteiger partial charge in [0.25, 0.3) is 5.56 Å². The highest BCUT2D eigenvalue weighted by Crippen LogP contribution is 2.33. The third-order valence-corrected chi connectivity index (χ3v) is 5.33. The molecule has 9 heteroatoms. The summed E-state index contributed by atoms with van der Waals surface area (Å²) >= 11 is 6.47. The van der Waals surface area contributed by atoms with Gasteiger partial charge in [-0.05, 0) is 36.8 Å². The summed E-state index contributed by atoms with van der Waals surface area (Å²) in [6.07, 6.45) is 1.52. The molecule has 8 nitrogen and oxygen atoms in total. The molecular formula is C22H20ClN3O5. The van der Waals surface area contributed by atoms with Crippen LogP contribution in [0, 0.1) is 0 Å². The number of rotatable bonds is 6. The summed E-state index contributed by atoms with van der Waals surface area (Å²) in [6, 6.07) is 12.3. The fourth-order valence-electron chi connectivity index (χ4n) is 3.38. The molecule has 0 saturated heterocycles. The fourth-order valence-corrected chi connectivity index (χ4v) is 3.63. The second-order valence-corrected chi connectivity index (χ2v) is 7.15. The minimum atomic E-state index is -0.567. The van der Waals surface area contributed by atoms with Gasteiger partial charge in [0.05, 0.1) is 30.2 Å². The number of anilines is 1. The number of carbonyl (C=O) groups is 1. The number of halogens is 1. The van der Waals surface area contributed by atoms with Crippen LogP contribution < -0.4 is 19.9 Å². The molecular weight excluding hydrogens is 422 g/mol. The van der Waals surface area contributed by atoms with E-state index in [-0.39, 0.29) is 17.4 Å². The number of benzene rings is 2. The van der Waals surface area contributed by atoms with Crippen LogP contribution in [-0.2, 0) is 11.3 Å². The van der Waals surface area contributed by atoms with Gasteiger partial charge in [0, 0.05) is 13.1 Å². The van der Waals surface area contributed by atoms with E-state index < -0.39 is 11.5 Å². The molecule has 2 aromatic carbocycles. The largest absolute Gasteiger partial charge is 0.465 e. The smallest absolute Gasteiger partial charge is 0.340 e. The lowest BCUT2D eigenvalue weighted by atomic mass is 10.1. The van der Waals surface area contributed by atoms with E-state index in [1.807, 2.05) is 30.0 Å². The Morgan fingerprint density at radius 2 is 2.00 bits per heavy atom. The van der Waals surface area contributed by atoms with Crippen LogP contribution in [0.25, 0.3) is 5.69 Å². The minimum Gasteiger partial charge on any atom is -0.465 e. The number of carbonyl (C=O) groups excluding carboxylic acids is 1. The molecule has 1 aliphatic rings. The van der Waals surface area contributed by atoms with E-state index >= 15 is 0 Å². The molecule has 0 unspecified atom stereocenters. The summed E-state index contributed by atoms with van der Waals surface area (Å²) in [5.41, 5.74) is 1.46. The van der Waals surface area contributed by atoms with E-state index in [1.165, 1.54) is 13.3 Å². The zero-order valence-corrected chi connectivity index (χ0v) is 17.8. The number of ether oxygens (including phenoxy) is 3. The molecule has 0 fully saturated rings. The SMILES string of the molecule is CCN(Cc1ccc2c(c1)OCO2)c1cnn(-c2ccccc2C(=O)OC)c(=O)c1Cl. The highest BCUT2D eigenvalue weighted by atomic mass is 35.5. The number of para-hydroxylation sites is 1. The van der Waals surface area contributed by atoms with Gasteiger partial charge in [-0.15, -0.1) is 0 Å². The van der Waals surface area contributed by atoms with Gasteiger partial charge in [0.15, 0.2) is 11.5 Å². The maximum Gasteiger partial charge on any atom is 0.340 e. The Bertz CT molecular complexity index is 1190. The molecule has 160 valence electrons. The fraction of sp³-hybridized carbons (Fsp3) is 0.227. The first-order chi connectivity index (χ1) is 15.0. The summed E-state index contributed by atoms with van der Waals surface area (Å²) in [5, 5.41) is 4.29. The molecule has 0 atom stereocenters. The molecule has 0 bridgehead atoms. The van der Waals surface area contributed by atoms with Gasteiger partial charge in [-0.25, -0.2) is 4.79 Å². The van der Waals surface area contributed by atoms with Crippen molar-refractivity contribution < 1.29 is 19.0 Å². The minimum absolute atomic E-state index is 0.0114. The standard InChI is InChI=1S/C22H20ClN3O5/c1-3-25(12-14-8-9-18-19(10-14)31-13-30-18)17-11-24-26(21(27)20(17)23)16-7-5-4-6-15(16)22(28)29-2/h4-11H,3,12-13H2,1-2H3. The van der Waals surface area contributed by atoms with E-state index in [2.05, 4.69) is 5.10 Å². The molecule has 1 aromatic heterocycles. The van der Waals surface area contributed by atoms with Gasteiger partial charge in [0.1, 0.15) is 5.02 Å². The van der Waals surface area contributed by atoms with E-state index in [4.69, 9.17) is 25.8 Å². The highest BCUT2D eigenvalue weighted by Gasteiger charge is 2.20.